The summed E-state index contributed by atoms with van der Waals surface area (Å²) in [4.78, 5) is 23.9. The monoisotopic (exact) mass is 290 g/mol. The summed E-state index contributed by atoms with van der Waals surface area (Å²) >= 11 is 0. The summed E-state index contributed by atoms with van der Waals surface area (Å²) < 4.78 is 19.2. The maximum atomic E-state index is 12.8. The van der Waals surface area contributed by atoms with Crippen molar-refractivity contribution in [3.8, 4) is 5.75 Å². The van der Waals surface area contributed by atoms with E-state index in [0.717, 1.165) is 0 Å². The number of benzene rings is 1. The summed E-state index contributed by atoms with van der Waals surface area (Å²) in [6, 6.07) is 8.59. The molecule has 0 radical (unpaired) electrons. The maximum absolute atomic E-state index is 12.8. The van der Waals surface area contributed by atoms with Crippen LogP contribution in [0.15, 0.2) is 47.4 Å². The first-order valence-electron chi connectivity index (χ1n) is 6.48. The van der Waals surface area contributed by atoms with Crippen molar-refractivity contribution in [1.82, 2.24) is 4.57 Å². The Morgan fingerprint density at radius 1 is 1.29 bits per heavy atom. The normalized spacial score (nSPS) is 10.2. The number of nitrogens with one attached hydrogen (secondary N) is 1. The fraction of sp³-hybridized carbons (Fsp3) is 0.200. The largest absolute Gasteiger partial charge is 0.488 e. The van der Waals surface area contributed by atoms with Gasteiger partial charge in [-0.15, -0.1) is 0 Å². The molecule has 0 saturated carbocycles. The lowest BCUT2D eigenvalue weighted by Crippen LogP contribution is -2.28. The lowest BCUT2D eigenvalue weighted by molar-refractivity contribution is -0.116. The van der Waals surface area contributed by atoms with Gasteiger partial charge in [0.2, 0.25) is 5.91 Å². The second-order valence-corrected chi connectivity index (χ2v) is 4.29. The van der Waals surface area contributed by atoms with Crippen molar-refractivity contribution in [2.45, 2.75) is 13.5 Å². The third kappa shape index (κ3) is 3.92. The zero-order valence-corrected chi connectivity index (χ0v) is 11.5. The van der Waals surface area contributed by atoms with Crippen LogP contribution in [0.25, 0.3) is 0 Å². The van der Waals surface area contributed by atoms with E-state index in [0.29, 0.717) is 12.3 Å². The molecule has 0 unspecified atom stereocenters. The molecule has 0 bridgehead atoms. The van der Waals surface area contributed by atoms with E-state index in [1.54, 1.807) is 19.1 Å². The summed E-state index contributed by atoms with van der Waals surface area (Å²) in [7, 11) is 0. The average molecular weight is 290 g/mol. The minimum Gasteiger partial charge on any atom is -0.488 e. The van der Waals surface area contributed by atoms with Crippen molar-refractivity contribution >= 4 is 11.6 Å². The van der Waals surface area contributed by atoms with Gasteiger partial charge in [-0.05, 0) is 43.3 Å². The molecule has 1 aromatic carbocycles. The van der Waals surface area contributed by atoms with Crippen LogP contribution in [0.1, 0.15) is 6.92 Å². The number of carbonyl (C=O) groups is 1. The maximum Gasteiger partial charge on any atom is 0.293 e. The molecule has 1 aromatic heterocycles. The molecule has 6 heteroatoms. The van der Waals surface area contributed by atoms with E-state index in [9.17, 15) is 14.0 Å². The van der Waals surface area contributed by atoms with Crippen molar-refractivity contribution in [2.24, 2.45) is 0 Å². The third-order valence-corrected chi connectivity index (χ3v) is 2.73. The predicted octanol–water partition coefficient (Wildman–Crippen LogP) is 2.02. The molecule has 0 saturated heterocycles. The van der Waals surface area contributed by atoms with Crippen LogP contribution < -0.4 is 15.6 Å². The fourth-order valence-corrected chi connectivity index (χ4v) is 1.79. The number of carbonyl (C=O) groups excluding carboxylic acids is 1. The Morgan fingerprint density at radius 3 is 2.67 bits per heavy atom. The summed E-state index contributed by atoms with van der Waals surface area (Å²) in [6.45, 7) is 2.01. The molecule has 21 heavy (non-hydrogen) atoms. The van der Waals surface area contributed by atoms with Gasteiger partial charge in [0.05, 0.1) is 6.61 Å². The number of amides is 1. The zero-order valence-electron chi connectivity index (χ0n) is 11.5. The zero-order chi connectivity index (χ0) is 15.2. The summed E-state index contributed by atoms with van der Waals surface area (Å²) in [5.41, 5.74) is 0.101. The van der Waals surface area contributed by atoms with E-state index < -0.39 is 0 Å². The first-order valence-corrected chi connectivity index (χ1v) is 6.48. The van der Waals surface area contributed by atoms with Crippen molar-refractivity contribution in [3.05, 3.63) is 58.8 Å². The number of anilines is 1. The minimum atomic E-state index is -0.381. The van der Waals surface area contributed by atoms with Crippen molar-refractivity contribution in [1.29, 1.82) is 0 Å². The topological polar surface area (TPSA) is 60.3 Å². The summed E-state index contributed by atoms with van der Waals surface area (Å²) in [5, 5.41) is 2.59. The molecule has 2 rings (SSSR count). The van der Waals surface area contributed by atoms with Crippen LogP contribution in [-0.2, 0) is 11.3 Å². The molecule has 2 aromatic rings. The molecule has 0 spiro atoms. The number of hydrogen-bond acceptors (Lipinski definition) is 3. The molecule has 1 N–H and O–H groups in total. The Kier molecular flexibility index (Phi) is 4.71. The van der Waals surface area contributed by atoms with Crippen molar-refractivity contribution < 1.29 is 13.9 Å². The Bertz CT molecular complexity index is 680. The molecule has 0 aliphatic carbocycles. The molecular formula is C15H15FN2O3. The molecule has 1 heterocycles. The van der Waals surface area contributed by atoms with Crippen LogP contribution in [0.5, 0.6) is 5.75 Å². The average Bonchev–Trinajstić information content (AvgIpc) is 2.46. The van der Waals surface area contributed by atoms with E-state index in [1.165, 1.54) is 35.0 Å². The Labute approximate surface area is 121 Å². The van der Waals surface area contributed by atoms with Gasteiger partial charge in [0.15, 0.2) is 5.75 Å². The van der Waals surface area contributed by atoms with Crippen LogP contribution >= 0.6 is 0 Å². The standard InChI is InChI=1S/C15H15FN2O3/c1-2-21-13-4-3-9-18(15(13)20)10-14(19)17-12-7-5-11(16)6-8-12/h3-9H,2,10H2,1H3,(H,17,19). The van der Waals surface area contributed by atoms with E-state index >= 15 is 0 Å². The van der Waals surface area contributed by atoms with Gasteiger partial charge in [0.1, 0.15) is 12.4 Å². The number of pyridine rings is 1. The predicted molar refractivity (Wildman–Crippen MR) is 76.9 cm³/mol. The first-order chi connectivity index (χ1) is 10.1. The van der Waals surface area contributed by atoms with E-state index in [2.05, 4.69) is 5.32 Å². The molecule has 0 aliphatic heterocycles. The van der Waals surface area contributed by atoms with E-state index in [1.807, 2.05) is 0 Å². The molecule has 0 fully saturated rings. The molecule has 5 nitrogen and oxygen atoms in total. The van der Waals surface area contributed by atoms with Gasteiger partial charge < -0.3 is 14.6 Å². The second-order valence-electron chi connectivity index (χ2n) is 4.29. The van der Waals surface area contributed by atoms with Crippen LogP contribution in [0.3, 0.4) is 0 Å². The lowest BCUT2D eigenvalue weighted by atomic mass is 10.3. The van der Waals surface area contributed by atoms with Crippen molar-refractivity contribution in [2.75, 3.05) is 11.9 Å². The number of rotatable bonds is 5. The highest BCUT2D eigenvalue weighted by Crippen LogP contribution is 2.08. The van der Waals surface area contributed by atoms with Gasteiger partial charge in [-0.25, -0.2) is 4.39 Å². The smallest absolute Gasteiger partial charge is 0.293 e. The number of aromatic nitrogens is 1. The van der Waals surface area contributed by atoms with Crippen LogP contribution in [0, 0.1) is 5.82 Å². The van der Waals surface area contributed by atoms with Crippen LogP contribution in [0.2, 0.25) is 0 Å². The Balaban J connectivity index is 2.07. The highest BCUT2D eigenvalue weighted by Gasteiger charge is 2.08. The van der Waals surface area contributed by atoms with E-state index in [4.69, 9.17) is 4.74 Å². The Hall–Kier alpha value is -2.63. The third-order valence-electron chi connectivity index (χ3n) is 2.73. The lowest BCUT2D eigenvalue weighted by Gasteiger charge is -2.09. The summed E-state index contributed by atoms with van der Waals surface area (Å²) in [5.74, 6) is -0.555. The second kappa shape index (κ2) is 6.69. The van der Waals surface area contributed by atoms with E-state index in [-0.39, 0.29) is 29.6 Å². The van der Waals surface area contributed by atoms with Gasteiger partial charge in [0.25, 0.3) is 5.56 Å². The first kappa shape index (κ1) is 14.8. The van der Waals surface area contributed by atoms with Crippen LogP contribution in [-0.4, -0.2) is 17.1 Å². The number of nitrogens with zero attached hydrogens (tertiary/aromatic N) is 1. The quantitative estimate of drug-likeness (QED) is 0.916. The molecule has 110 valence electrons. The molecular weight excluding hydrogens is 275 g/mol. The highest BCUT2D eigenvalue weighted by molar-refractivity contribution is 5.90. The highest BCUT2D eigenvalue weighted by atomic mass is 19.1. The van der Waals surface area contributed by atoms with Crippen molar-refractivity contribution in [3.63, 3.8) is 0 Å². The minimum absolute atomic E-state index is 0.142. The van der Waals surface area contributed by atoms with Gasteiger partial charge in [-0.1, -0.05) is 0 Å². The molecule has 1 amide bonds. The van der Waals surface area contributed by atoms with Gasteiger partial charge in [0, 0.05) is 11.9 Å². The van der Waals surface area contributed by atoms with Gasteiger partial charge in [-0.2, -0.15) is 0 Å². The number of hydrogen-bond donors (Lipinski definition) is 1. The number of ether oxygens (including phenoxy) is 1. The SMILES string of the molecule is CCOc1cccn(CC(=O)Nc2ccc(F)cc2)c1=O. The Morgan fingerprint density at radius 2 is 2.00 bits per heavy atom. The fourth-order valence-electron chi connectivity index (χ4n) is 1.79. The number of halogens is 1. The summed E-state index contributed by atoms with van der Waals surface area (Å²) in [6.07, 6.45) is 1.51. The molecule has 0 atom stereocenters. The van der Waals surface area contributed by atoms with Gasteiger partial charge in [-0.3, -0.25) is 9.59 Å². The van der Waals surface area contributed by atoms with Crippen LogP contribution in [0.4, 0.5) is 10.1 Å². The van der Waals surface area contributed by atoms with Gasteiger partial charge >= 0.3 is 0 Å². The molecule has 0 aliphatic rings.